The third-order valence-electron chi connectivity index (χ3n) is 3.51. The van der Waals surface area contributed by atoms with Gasteiger partial charge in [-0.1, -0.05) is 32.9 Å². The first-order valence-electron chi connectivity index (χ1n) is 6.69. The fourth-order valence-electron chi connectivity index (χ4n) is 2.53. The summed E-state index contributed by atoms with van der Waals surface area (Å²) in [5.41, 5.74) is 1.19. The van der Waals surface area contributed by atoms with Crippen LogP contribution in [-0.2, 0) is 0 Å². The van der Waals surface area contributed by atoms with Crippen LogP contribution in [0.25, 0.3) is 0 Å². The second-order valence-electron chi connectivity index (χ2n) is 5.52. The Labute approximate surface area is 114 Å². The minimum absolute atomic E-state index is 0.161. The first kappa shape index (κ1) is 13.9. The number of nitrogens with one attached hydrogen (secondary N) is 1. The summed E-state index contributed by atoms with van der Waals surface area (Å²) in [6.45, 7) is 6.72. The number of hydrogen-bond donors (Lipinski definition) is 1. The van der Waals surface area contributed by atoms with Crippen LogP contribution in [0, 0.1) is 11.7 Å². The summed E-state index contributed by atoms with van der Waals surface area (Å²) in [7, 11) is 0. The third-order valence-corrected chi connectivity index (χ3v) is 4.87. The molecule has 0 aliphatic carbocycles. The van der Waals surface area contributed by atoms with Crippen LogP contribution >= 0.6 is 11.8 Å². The SMILES string of the molecule is CC1CC(NC(c2ccc(F)cc2)C(C)C)CS1. The summed E-state index contributed by atoms with van der Waals surface area (Å²) < 4.78 is 13.0. The molecule has 1 N–H and O–H groups in total. The molecule has 1 fully saturated rings. The van der Waals surface area contributed by atoms with Gasteiger partial charge in [-0.15, -0.1) is 0 Å². The van der Waals surface area contributed by atoms with E-state index in [4.69, 9.17) is 0 Å². The number of rotatable bonds is 4. The minimum atomic E-state index is -0.161. The topological polar surface area (TPSA) is 12.0 Å². The average Bonchev–Trinajstić information content (AvgIpc) is 2.73. The van der Waals surface area contributed by atoms with E-state index in [2.05, 4.69) is 26.1 Å². The molecule has 2 rings (SSSR count). The van der Waals surface area contributed by atoms with Gasteiger partial charge in [0.2, 0.25) is 0 Å². The van der Waals surface area contributed by atoms with Crippen LogP contribution < -0.4 is 5.32 Å². The normalized spacial score (nSPS) is 25.6. The molecule has 100 valence electrons. The lowest BCUT2D eigenvalue weighted by molar-refractivity contribution is 0.368. The second-order valence-corrected chi connectivity index (χ2v) is 6.99. The zero-order valence-corrected chi connectivity index (χ0v) is 12.1. The molecule has 1 aromatic carbocycles. The van der Waals surface area contributed by atoms with Crippen LogP contribution in [0.4, 0.5) is 4.39 Å². The van der Waals surface area contributed by atoms with Crippen molar-refractivity contribution >= 4 is 11.8 Å². The van der Waals surface area contributed by atoms with Gasteiger partial charge in [0.05, 0.1) is 0 Å². The van der Waals surface area contributed by atoms with Crippen molar-refractivity contribution in [3.8, 4) is 0 Å². The third kappa shape index (κ3) is 3.48. The fourth-order valence-corrected chi connectivity index (χ4v) is 3.69. The molecule has 18 heavy (non-hydrogen) atoms. The van der Waals surface area contributed by atoms with Gasteiger partial charge < -0.3 is 5.32 Å². The standard InChI is InChI=1S/C15H22FNS/c1-10(2)15(12-4-6-13(16)7-5-12)17-14-8-11(3)18-9-14/h4-7,10-11,14-15,17H,8-9H2,1-3H3. The average molecular weight is 267 g/mol. The predicted molar refractivity (Wildman–Crippen MR) is 77.4 cm³/mol. The summed E-state index contributed by atoms with van der Waals surface area (Å²) >= 11 is 2.03. The highest BCUT2D eigenvalue weighted by Crippen LogP contribution is 2.30. The molecule has 0 aromatic heterocycles. The maximum absolute atomic E-state index is 13.0. The van der Waals surface area contributed by atoms with Gasteiger partial charge in [-0.2, -0.15) is 11.8 Å². The van der Waals surface area contributed by atoms with Crippen molar-refractivity contribution in [2.24, 2.45) is 5.92 Å². The number of halogens is 1. The van der Waals surface area contributed by atoms with Crippen molar-refractivity contribution in [1.82, 2.24) is 5.32 Å². The van der Waals surface area contributed by atoms with E-state index in [9.17, 15) is 4.39 Å². The Bertz CT molecular complexity index is 377. The van der Waals surface area contributed by atoms with Crippen LogP contribution in [0.3, 0.4) is 0 Å². The highest BCUT2D eigenvalue weighted by Gasteiger charge is 2.26. The minimum Gasteiger partial charge on any atom is -0.306 e. The van der Waals surface area contributed by atoms with E-state index in [1.54, 1.807) is 12.1 Å². The fraction of sp³-hybridized carbons (Fsp3) is 0.600. The van der Waals surface area contributed by atoms with E-state index in [1.165, 1.54) is 17.7 Å². The van der Waals surface area contributed by atoms with Gasteiger partial charge in [0.1, 0.15) is 5.82 Å². The molecule has 3 atom stereocenters. The first-order chi connectivity index (χ1) is 8.56. The van der Waals surface area contributed by atoms with Crippen molar-refractivity contribution in [2.45, 2.75) is 44.5 Å². The molecular formula is C15H22FNS. The van der Waals surface area contributed by atoms with E-state index in [0.717, 1.165) is 5.25 Å². The number of hydrogen-bond acceptors (Lipinski definition) is 2. The molecule has 3 unspecified atom stereocenters. The smallest absolute Gasteiger partial charge is 0.123 e. The monoisotopic (exact) mass is 267 g/mol. The number of thioether (sulfide) groups is 1. The number of benzene rings is 1. The van der Waals surface area contributed by atoms with E-state index in [-0.39, 0.29) is 5.82 Å². The maximum atomic E-state index is 13.0. The molecule has 3 heteroatoms. The highest BCUT2D eigenvalue weighted by molar-refractivity contribution is 8.00. The van der Waals surface area contributed by atoms with Crippen LogP contribution in [0.15, 0.2) is 24.3 Å². The van der Waals surface area contributed by atoms with Crippen LogP contribution in [0.2, 0.25) is 0 Å². The summed E-state index contributed by atoms with van der Waals surface area (Å²) in [6, 6.07) is 7.82. The lowest BCUT2D eigenvalue weighted by Gasteiger charge is -2.26. The van der Waals surface area contributed by atoms with Crippen molar-refractivity contribution in [3.05, 3.63) is 35.6 Å². The summed E-state index contributed by atoms with van der Waals surface area (Å²) in [6.07, 6.45) is 1.23. The summed E-state index contributed by atoms with van der Waals surface area (Å²) in [5.74, 6) is 1.54. The molecule has 1 aromatic rings. The van der Waals surface area contributed by atoms with E-state index < -0.39 is 0 Å². The first-order valence-corrected chi connectivity index (χ1v) is 7.74. The van der Waals surface area contributed by atoms with Gasteiger partial charge in [-0.3, -0.25) is 0 Å². The zero-order chi connectivity index (χ0) is 13.1. The van der Waals surface area contributed by atoms with Crippen LogP contribution in [0.5, 0.6) is 0 Å². The van der Waals surface area contributed by atoms with Crippen molar-refractivity contribution in [3.63, 3.8) is 0 Å². The van der Waals surface area contributed by atoms with Crippen molar-refractivity contribution in [2.75, 3.05) is 5.75 Å². The van der Waals surface area contributed by atoms with Gasteiger partial charge in [-0.25, -0.2) is 4.39 Å². The van der Waals surface area contributed by atoms with Gasteiger partial charge >= 0.3 is 0 Å². The van der Waals surface area contributed by atoms with Gasteiger partial charge in [0.25, 0.3) is 0 Å². The van der Waals surface area contributed by atoms with E-state index in [0.29, 0.717) is 18.0 Å². The quantitative estimate of drug-likeness (QED) is 0.884. The molecule has 0 spiro atoms. The molecule has 0 radical (unpaired) electrons. The highest BCUT2D eigenvalue weighted by atomic mass is 32.2. The lowest BCUT2D eigenvalue weighted by atomic mass is 9.95. The molecule has 1 aliphatic heterocycles. The van der Waals surface area contributed by atoms with Crippen molar-refractivity contribution in [1.29, 1.82) is 0 Å². The van der Waals surface area contributed by atoms with Crippen LogP contribution in [0.1, 0.15) is 38.8 Å². The lowest BCUT2D eigenvalue weighted by Crippen LogP contribution is -2.35. The largest absolute Gasteiger partial charge is 0.306 e. The molecule has 1 aliphatic rings. The Balaban J connectivity index is 2.06. The Morgan fingerprint density at radius 1 is 1.28 bits per heavy atom. The Hall–Kier alpha value is -0.540. The Morgan fingerprint density at radius 2 is 1.94 bits per heavy atom. The summed E-state index contributed by atoms with van der Waals surface area (Å²) in [4.78, 5) is 0. The van der Waals surface area contributed by atoms with E-state index in [1.807, 2.05) is 23.9 Å². The Kier molecular flexibility index (Phi) is 4.68. The predicted octanol–water partition coefficient (Wildman–Crippen LogP) is 4.01. The van der Waals surface area contributed by atoms with E-state index >= 15 is 0 Å². The maximum Gasteiger partial charge on any atom is 0.123 e. The zero-order valence-electron chi connectivity index (χ0n) is 11.3. The van der Waals surface area contributed by atoms with Gasteiger partial charge in [0, 0.05) is 23.1 Å². The van der Waals surface area contributed by atoms with Gasteiger partial charge in [0.15, 0.2) is 0 Å². The van der Waals surface area contributed by atoms with Gasteiger partial charge in [-0.05, 0) is 30.0 Å². The van der Waals surface area contributed by atoms with Crippen molar-refractivity contribution < 1.29 is 4.39 Å². The molecule has 0 saturated carbocycles. The molecule has 0 amide bonds. The second kappa shape index (κ2) is 6.07. The summed E-state index contributed by atoms with van der Waals surface area (Å²) in [5, 5.41) is 4.49. The van der Waals surface area contributed by atoms with Crippen LogP contribution in [-0.4, -0.2) is 17.0 Å². The molecule has 1 nitrogen and oxygen atoms in total. The molecular weight excluding hydrogens is 245 g/mol. The molecule has 1 heterocycles. The molecule has 0 bridgehead atoms. The Morgan fingerprint density at radius 3 is 2.44 bits per heavy atom. The molecule has 1 saturated heterocycles.